The van der Waals surface area contributed by atoms with E-state index in [0.717, 1.165) is 41.5 Å². The Bertz CT molecular complexity index is 709. The van der Waals surface area contributed by atoms with E-state index in [2.05, 4.69) is 22.5 Å². The monoisotopic (exact) mass is 358 g/mol. The first kappa shape index (κ1) is 16.6. The fraction of sp³-hybridized carbons (Fsp3) is 0.579. The van der Waals surface area contributed by atoms with Crippen molar-refractivity contribution in [2.24, 2.45) is 16.8 Å². The molecule has 0 aliphatic heterocycles. The lowest BCUT2D eigenvalue weighted by Gasteiger charge is -2.25. The molecular formula is C19H26N4OS. The van der Waals surface area contributed by atoms with Crippen LogP contribution in [0.4, 0.5) is 0 Å². The van der Waals surface area contributed by atoms with Gasteiger partial charge in [-0.05, 0) is 50.2 Å². The number of hydrogen-bond acceptors (Lipinski definition) is 4. The molecule has 2 N–H and O–H groups in total. The van der Waals surface area contributed by atoms with Crippen LogP contribution >= 0.6 is 11.3 Å². The molecule has 2 heterocycles. The van der Waals surface area contributed by atoms with Crippen molar-refractivity contribution in [3.8, 4) is 0 Å². The third-order valence-corrected chi connectivity index (χ3v) is 6.24. The number of rotatable bonds is 6. The van der Waals surface area contributed by atoms with Crippen LogP contribution in [0.2, 0.25) is 0 Å². The van der Waals surface area contributed by atoms with Gasteiger partial charge < -0.3 is 15.1 Å². The number of thiazole rings is 1. The van der Waals surface area contributed by atoms with Gasteiger partial charge >= 0.3 is 0 Å². The summed E-state index contributed by atoms with van der Waals surface area (Å²) in [7, 11) is 0. The minimum atomic E-state index is 0.576. The van der Waals surface area contributed by atoms with Crippen molar-refractivity contribution in [3.63, 3.8) is 0 Å². The van der Waals surface area contributed by atoms with Crippen molar-refractivity contribution < 1.29 is 4.42 Å². The fourth-order valence-corrected chi connectivity index (χ4v) is 4.84. The van der Waals surface area contributed by atoms with E-state index in [1.807, 2.05) is 18.3 Å². The maximum absolute atomic E-state index is 5.41. The maximum Gasteiger partial charge on any atom is 0.191 e. The molecule has 6 heteroatoms. The van der Waals surface area contributed by atoms with Gasteiger partial charge in [0.05, 0.1) is 12.8 Å². The van der Waals surface area contributed by atoms with Gasteiger partial charge in [-0.15, -0.1) is 11.3 Å². The van der Waals surface area contributed by atoms with Gasteiger partial charge in [0.2, 0.25) is 0 Å². The number of hydrogen-bond donors (Lipinski definition) is 2. The summed E-state index contributed by atoms with van der Waals surface area (Å²) in [6.07, 6.45) is 9.97. The molecule has 2 aromatic heterocycles. The molecule has 0 radical (unpaired) electrons. The summed E-state index contributed by atoms with van der Waals surface area (Å²) in [6.45, 7) is 3.54. The molecule has 4 rings (SSSR count). The first-order valence-electron chi connectivity index (χ1n) is 9.25. The van der Waals surface area contributed by atoms with E-state index in [4.69, 9.17) is 9.41 Å². The summed E-state index contributed by atoms with van der Waals surface area (Å²) in [6, 6.07) is 4.52. The molecule has 2 aliphatic carbocycles. The van der Waals surface area contributed by atoms with Gasteiger partial charge in [0, 0.05) is 30.1 Å². The molecule has 0 saturated heterocycles. The zero-order valence-corrected chi connectivity index (χ0v) is 15.5. The third-order valence-electron chi connectivity index (χ3n) is 5.35. The SMILES string of the molecule is Cc1cnc(CN=C(NCCc2ccco2)NC2CC3CCC2C3)s1. The van der Waals surface area contributed by atoms with E-state index in [1.165, 1.54) is 30.6 Å². The quantitative estimate of drug-likeness (QED) is 0.613. The van der Waals surface area contributed by atoms with Crippen LogP contribution < -0.4 is 10.6 Å². The number of nitrogens with one attached hydrogen (secondary N) is 2. The highest BCUT2D eigenvalue weighted by Gasteiger charge is 2.39. The summed E-state index contributed by atoms with van der Waals surface area (Å²) in [4.78, 5) is 10.4. The average molecular weight is 359 g/mol. The van der Waals surface area contributed by atoms with Crippen LogP contribution in [0.3, 0.4) is 0 Å². The second-order valence-electron chi connectivity index (χ2n) is 7.21. The minimum Gasteiger partial charge on any atom is -0.469 e. The van der Waals surface area contributed by atoms with Crippen LogP contribution in [-0.2, 0) is 13.0 Å². The molecule has 0 amide bonds. The summed E-state index contributed by atoms with van der Waals surface area (Å²) in [5, 5.41) is 8.23. The van der Waals surface area contributed by atoms with Gasteiger partial charge in [0.15, 0.2) is 5.96 Å². The number of aliphatic imine (C=N–C) groups is 1. The number of guanidine groups is 1. The van der Waals surface area contributed by atoms with E-state index in [-0.39, 0.29) is 0 Å². The van der Waals surface area contributed by atoms with Crippen molar-refractivity contribution in [1.29, 1.82) is 0 Å². The molecule has 2 bridgehead atoms. The number of fused-ring (bicyclic) bond motifs is 2. The third kappa shape index (κ3) is 4.24. The van der Waals surface area contributed by atoms with E-state index in [9.17, 15) is 0 Å². The van der Waals surface area contributed by atoms with E-state index in [0.29, 0.717) is 12.6 Å². The van der Waals surface area contributed by atoms with Crippen LogP contribution in [0.5, 0.6) is 0 Å². The molecule has 2 saturated carbocycles. The highest BCUT2D eigenvalue weighted by molar-refractivity contribution is 7.11. The molecule has 3 atom stereocenters. The Morgan fingerprint density at radius 2 is 2.36 bits per heavy atom. The lowest BCUT2D eigenvalue weighted by Crippen LogP contribution is -2.46. The summed E-state index contributed by atoms with van der Waals surface area (Å²) < 4.78 is 5.41. The Balaban J connectivity index is 1.36. The summed E-state index contributed by atoms with van der Waals surface area (Å²) in [5.41, 5.74) is 0. The van der Waals surface area contributed by atoms with Crippen molar-refractivity contribution in [2.45, 2.75) is 51.6 Å². The van der Waals surface area contributed by atoms with Gasteiger partial charge in [-0.25, -0.2) is 9.98 Å². The zero-order valence-electron chi connectivity index (χ0n) is 14.7. The largest absolute Gasteiger partial charge is 0.469 e. The first-order valence-corrected chi connectivity index (χ1v) is 10.1. The van der Waals surface area contributed by atoms with Crippen LogP contribution in [0.25, 0.3) is 0 Å². The highest BCUT2D eigenvalue weighted by Crippen LogP contribution is 2.44. The number of aryl methyl sites for hydroxylation is 1. The standard InChI is InChI=1S/C19H26N4OS/c1-13-11-21-18(25-13)12-22-19(20-7-6-16-3-2-8-24-16)23-17-10-14-4-5-15(17)9-14/h2-3,8,11,14-15,17H,4-7,9-10,12H2,1H3,(H2,20,22,23). The molecule has 134 valence electrons. The van der Waals surface area contributed by atoms with Crippen molar-refractivity contribution in [2.75, 3.05) is 6.54 Å². The first-order chi connectivity index (χ1) is 12.3. The van der Waals surface area contributed by atoms with E-state index < -0.39 is 0 Å². The molecule has 0 aromatic carbocycles. The van der Waals surface area contributed by atoms with Crippen molar-refractivity contribution >= 4 is 17.3 Å². The van der Waals surface area contributed by atoms with Crippen LogP contribution in [0.1, 0.15) is 41.3 Å². The molecular weight excluding hydrogens is 332 g/mol. The van der Waals surface area contributed by atoms with Gasteiger partial charge in [-0.3, -0.25) is 0 Å². The Hall–Kier alpha value is -1.82. The molecule has 3 unspecified atom stereocenters. The Morgan fingerprint density at radius 1 is 1.40 bits per heavy atom. The zero-order chi connectivity index (χ0) is 17.1. The van der Waals surface area contributed by atoms with Gasteiger partial charge in [0.25, 0.3) is 0 Å². The van der Waals surface area contributed by atoms with Crippen LogP contribution in [0.15, 0.2) is 34.0 Å². The number of nitrogens with zero attached hydrogens (tertiary/aromatic N) is 2. The van der Waals surface area contributed by atoms with Crippen molar-refractivity contribution in [3.05, 3.63) is 40.2 Å². The molecule has 25 heavy (non-hydrogen) atoms. The second-order valence-corrected chi connectivity index (χ2v) is 8.53. The average Bonchev–Trinajstić information content (AvgIpc) is 3.38. The molecule has 0 spiro atoms. The van der Waals surface area contributed by atoms with E-state index in [1.54, 1.807) is 17.6 Å². The summed E-state index contributed by atoms with van der Waals surface area (Å²) >= 11 is 1.72. The Morgan fingerprint density at radius 3 is 3.04 bits per heavy atom. The lowest BCUT2D eigenvalue weighted by atomic mass is 9.95. The number of aromatic nitrogens is 1. The lowest BCUT2D eigenvalue weighted by molar-refractivity contribution is 0.387. The van der Waals surface area contributed by atoms with Gasteiger partial charge in [0.1, 0.15) is 10.8 Å². The Labute approximate surface area is 153 Å². The second kappa shape index (κ2) is 7.60. The molecule has 2 fully saturated rings. The minimum absolute atomic E-state index is 0.576. The van der Waals surface area contributed by atoms with Crippen molar-refractivity contribution in [1.82, 2.24) is 15.6 Å². The van der Waals surface area contributed by atoms with Gasteiger partial charge in [-0.1, -0.05) is 6.42 Å². The predicted molar refractivity (Wildman–Crippen MR) is 101 cm³/mol. The normalized spacial score (nSPS) is 25.5. The van der Waals surface area contributed by atoms with Crippen LogP contribution in [-0.4, -0.2) is 23.5 Å². The molecule has 2 aliphatic rings. The maximum atomic E-state index is 5.41. The Kier molecular flexibility index (Phi) is 5.06. The fourth-order valence-electron chi connectivity index (χ4n) is 4.13. The predicted octanol–water partition coefficient (Wildman–Crippen LogP) is 3.51. The van der Waals surface area contributed by atoms with E-state index >= 15 is 0 Å². The highest BCUT2D eigenvalue weighted by atomic mass is 32.1. The van der Waals surface area contributed by atoms with Crippen LogP contribution in [0, 0.1) is 18.8 Å². The number of furan rings is 1. The molecule has 2 aromatic rings. The smallest absolute Gasteiger partial charge is 0.191 e. The molecule has 5 nitrogen and oxygen atoms in total. The summed E-state index contributed by atoms with van der Waals surface area (Å²) in [5.74, 6) is 3.66. The van der Waals surface area contributed by atoms with Gasteiger partial charge in [-0.2, -0.15) is 0 Å². The topological polar surface area (TPSA) is 62.5 Å².